The van der Waals surface area contributed by atoms with Gasteiger partial charge in [0.25, 0.3) is 0 Å². The number of rotatable bonds is 9. The lowest BCUT2D eigenvalue weighted by atomic mass is 10.2. The van der Waals surface area contributed by atoms with Crippen molar-refractivity contribution >= 4 is 40.2 Å². The highest BCUT2D eigenvalue weighted by Crippen LogP contribution is 2.28. The van der Waals surface area contributed by atoms with Gasteiger partial charge in [-0.05, 0) is 56.4 Å². The van der Waals surface area contributed by atoms with Crippen molar-refractivity contribution in [2.24, 2.45) is 0 Å². The van der Waals surface area contributed by atoms with Gasteiger partial charge in [0.1, 0.15) is 5.82 Å². The summed E-state index contributed by atoms with van der Waals surface area (Å²) >= 11 is 0. The molecule has 2 amide bonds. The van der Waals surface area contributed by atoms with E-state index in [4.69, 9.17) is 0 Å². The van der Waals surface area contributed by atoms with Crippen LogP contribution in [0.4, 0.5) is 26.8 Å². The van der Waals surface area contributed by atoms with Crippen LogP contribution in [0.2, 0.25) is 0 Å². The molecule has 0 saturated heterocycles. The van der Waals surface area contributed by atoms with Gasteiger partial charge < -0.3 is 20.2 Å². The molecule has 0 aliphatic carbocycles. The van der Waals surface area contributed by atoms with E-state index in [-0.39, 0.29) is 6.03 Å². The highest BCUT2D eigenvalue weighted by Gasteiger charge is 2.11. The van der Waals surface area contributed by atoms with E-state index in [1.807, 2.05) is 30.1 Å². The predicted molar refractivity (Wildman–Crippen MR) is 127 cm³/mol. The van der Waals surface area contributed by atoms with Crippen molar-refractivity contribution in [3.8, 4) is 0 Å². The Kier molecular flexibility index (Phi) is 7.67. The van der Waals surface area contributed by atoms with E-state index in [0.717, 1.165) is 42.8 Å². The molecule has 0 radical (unpaired) electrons. The summed E-state index contributed by atoms with van der Waals surface area (Å²) in [6.07, 6.45) is 3.04. The van der Waals surface area contributed by atoms with Crippen LogP contribution in [0.1, 0.15) is 20.3 Å². The Bertz CT molecular complexity index is 1080. The van der Waals surface area contributed by atoms with Gasteiger partial charge in [0.05, 0.1) is 5.52 Å². The van der Waals surface area contributed by atoms with E-state index in [2.05, 4.69) is 34.4 Å². The fourth-order valence-electron chi connectivity index (χ4n) is 3.56. The molecule has 0 spiro atoms. The Labute approximate surface area is 187 Å². The highest BCUT2D eigenvalue weighted by atomic mass is 16.4. The van der Waals surface area contributed by atoms with Gasteiger partial charge in [0, 0.05) is 48.8 Å². The molecule has 0 bridgehead atoms. The topological polar surface area (TPSA) is 103 Å². The summed E-state index contributed by atoms with van der Waals surface area (Å²) in [6, 6.07) is 10.7. The average Bonchev–Trinajstić information content (AvgIpc) is 3.22. The van der Waals surface area contributed by atoms with Gasteiger partial charge in [-0.3, -0.25) is 9.88 Å². The number of anilines is 3. The zero-order valence-electron chi connectivity index (χ0n) is 18.7. The molecule has 3 N–H and O–H groups in total. The third-order valence-corrected chi connectivity index (χ3v) is 5.47. The minimum atomic E-state index is -1.02. The molecule has 9 nitrogen and oxygen atoms in total. The molecule has 0 aliphatic heterocycles. The van der Waals surface area contributed by atoms with Crippen LogP contribution in [0, 0.1) is 0 Å². The number of fused-ring (bicyclic) bond motifs is 1. The standard InChI is InChI=1S/C23H30N6O3/c1-4-28(5-2)13-6-11-25-22(30)26-21-16-19(9-12-24-21)27(3)18-7-8-20-17(15-18)10-14-29(20)23(31)32/h7-10,12,14-16H,4-6,11,13H2,1-3H3,(H,31,32)(H2,24,25,26,30). The van der Waals surface area contributed by atoms with Gasteiger partial charge in [-0.1, -0.05) is 13.8 Å². The summed E-state index contributed by atoms with van der Waals surface area (Å²) in [5.41, 5.74) is 2.36. The molecule has 2 heterocycles. The van der Waals surface area contributed by atoms with Crippen molar-refractivity contribution in [2.45, 2.75) is 20.3 Å². The fourth-order valence-corrected chi connectivity index (χ4v) is 3.56. The number of benzene rings is 1. The van der Waals surface area contributed by atoms with Gasteiger partial charge in [-0.25, -0.2) is 14.6 Å². The molecule has 170 valence electrons. The lowest BCUT2D eigenvalue weighted by Gasteiger charge is -2.20. The average molecular weight is 439 g/mol. The molecule has 1 aromatic carbocycles. The second kappa shape index (κ2) is 10.6. The quantitative estimate of drug-likeness (QED) is 0.433. The summed E-state index contributed by atoms with van der Waals surface area (Å²) in [4.78, 5) is 32.0. The molecule has 3 rings (SSSR count). The Balaban J connectivity index is 1.62. The van der Waals surface area contributed by atoms with Crippen LogP contribution in [0.3, 0.4) is 0 Å². The molecule has 0 saturated carbocycles. The van der Waals surface area contributed by atoms with Gasteiger partial charge in [0.15, 0.2) is 0 Å². The zero-order chi connectivity index (χ0) is 23.1. The molecular weight excluding hydrogens is 408 g/mol. The van der Waals surface area contributed by atoms with E-state index in [0.29, 0.717) is 17.9 Å². The lowest BCUT2D eigenvalue weighted by molar-refractivity contribution is 0.197. The molecule has 3 aromatic rings. The number of hydrogen-bond donors (Lipinski definition) is 3. The summed E-state index contributed by atoms with van der Waals surface area (Å²) in [5.74, 6) is 0.453. The van der Waals surface area contributed by atoms with E-state index >= 15 is 0 Å². The Hall–Kier alpha value is -3.59. The van der Waals surface area contributed by atoms with E-state index < -0.39 is 6.09 Å². The Morgan fingerprint density at radius 2 is 1.84 bits per heavy atom. The predicted octanol–water partition coefficient (Wildman–Crippen LogP) is 4.18. The van der Waals surface area contributed by atoms with Crippen molar-refractivity contribution in [3.63, 3.8) is 0 Å². The number of aromatic nitrogens is 2. The van der Waals surface area contributed by atoms with E-state index in [9.17, 15) is 14.7 Å². The number of urea groups is 1. The fraction of sp³-hybridized carbons (Fsp3) is 0.348. The third kappa shape index (κ3) is 5.55. The summed E-state index contributed by atoms with van der Waals surface area (Å²) in [7, 11) is 1.90. The van der Waals surface area contributed by atoms with Crippen LogP contribution < -0.4 is 15.5 Å². The van der Waals surface area contributed by atoms with Crippen molar-refractivity contribution in [2.75, 3.05) is 43.4 Å². The van der Waals surface area contributed by atoms with Gasteiger partial charge in [0.2, 0.25) is 0 Å². The summed E-state index contributed by atoms with van der Waals surface area (Å²) in [5, 5.41) is 15.7. The molecule has 0 fully saturated rings. The van der Waals surface area contributed by atoms with Gasteiger partial charge in [-0.15, -0.1) is 0 Å². The molecule has 2 aromatic heterocycles. The number of nitrogens with one attached hydrogen (secondary N) is 2. The highest BCUT2D eigenvalue weighted by molar-refractivity contribution is 5.92. The van der Waals surface area contributed by atoms with Crippen molar-refractivity contribution in [1.82, 2.24) is 19.8 Å². The maximum Gasteiger partial charge on any atom is 0.415 e. The third-order valence-electron chi connectivity index (χ3n) is 5.47. The summed E-state index contributed by atoms with van der Waals surface area (Å²) < 4.78 is 1.19. The second-order valence-corrected chi connectivity index (χ2v) is 7.43. The number of carboxylic acid groups (broad SMARTS) is 1. The Morgan fingerprint density at radius 3 is 2.56 bits per heavy atom. The minimum Gasteiger partial charge on any atom is -0.464 e. The SMILES string of the molecule is CCN(CC)CCCNC(=O)Nc1cc(N(C)c2ccc3c(ccn3C(=O)O)c2)ccn1. The van der Waals surface area contributed by atoms with Crippen LogP contribution in [0.15, 0.2) is 48.8 Å². The monoisotopic (exact) mass is 438 g/mol. The van der Waals surface area contributed by atoms with Crippen LogP contribution in [-0.2, 0) is 0 Å². The Morgan fingerprint density at radius 1 is 1.09 bits per heavy atom. The first-order valence-corrected chi connectivity index (χ1v) is 10.7. The maximum atomic E-state index is 12.2. The molecule has 0 aliphatic rings. The van der Waals surface area contributed by atoms with Crippen molar-refractivity contribution < 1.29 is 14.7 Å². The molecule has 0 atom stereocenters. The lowest BCUT2D eigenvalue weighted by Crippen LogP contribution is -2.32. The van der Waals surface area contributed by atoms with Crippen LogP contribution in [0.25, 0.3) is 10.9 Å². The van der Waals surface area contributed by atoms with E-state index in [1.165, 1.54) is 10.8 Å². The minimum absolute atomic E-state index is 0.284. The van der Waals surface area contributed by atoms with Crippen LogP contribution >= 0.6 is 0 Å². The number of nitrogens with zero attached hydrogens (tertiary/aromatic N) is 4. The van der Waals surface area contributed by atoms with Crippen molar-refractivity contribution in [1.29, 1.82) is 0 Å². The number of pyridine rings is 1. The second-order valence-electron chi connectivity index (χ2n) is 7.43. The first-order chi connectivity index (χ1) is 15.4. The smallest absolute Gasteiger partial charge is 0.415 e. The number of amides is 2. The van der Waals surface area contributed by atoms with Crippen LogP contribution in [-0.4, -0.2) is 64.9 Å². The first-order valence-electron chi connectivity index (χ1n) is 10.7. The molecule has 9 heteroatoms. The van der Waals surface area contributed by atoms with Crippen LogP contribution in [0.5, 0.6) is 0 Å². The number of carbonyl (C=O) groups is 2. The normalized spacial score (nSPS) is 11.0. The number of carbonyl (C=O) groups excluding carboxylic acids is 1. The van der Waals surface area contributed by atoms with E-state index in [1.54, 1.807) is 24.4 Å². The number of hydrogen-bond acceptors (Lipinski definition) is 5. The zero-order valence-corrected chi connectivity index (χ0v) is 18.7. The molecular formula is C23H30N6O3. The molecule has 0 unspecified atom stereocenters. The largest absolute Gasteiger partial charge is 0.464 e. The van der Waals surface area contributed by atoms with Gasteiger partial charge in [-0.2, -0.15) is 0 Å². The van der Waals surface area contributed by atoms with Crippen molar-refractivity contribution in [3.05, 3.63) is 48.8 Å². The summed E-state index contributed by atoms with van der Waals surface area (Å²) in [6.45, 7) is 7.81. The first kappa shape index (κ1) is 23.1. The maximum absolute atomic E-state index is 12.2. The van der Waals surface area contributed by atoms with Gasteiger partial charge >= 0.3 is 12.1 Å². The molecule has 32 heavy (non-hydrogen) atoms.